The van der Waals surface area contributed by atoms with Crippen molar-refractivity contribution < 1.29 is 4.79 Å². The van der Waals surface area contributed by atoms with Crippen LogP contribution in [0.25, 0.3) is 11.0 Å². The Balaban J connectivity index is 1.71. The van der Waals surface area contributed by atoms with E-state index in [2.05, 4.69) is 20.3 Å². The molecule has 1 aromatic carbocycles. The molecule has 0 aliphatic heterocycles. The number of nitrogens with one attached hydrogen (secondary N) is 1. The molecule has 0 fully saturated rings. The van der Waals surface area contributed by atoms with Gasteiger partial charge < -0.3 is 5.32 Å². The van der Waals surface area contributed by atoms with Gasteiger partial charge in [-0.25, -0.2) is 15.0 Å². The highest BCUT2D eigenvalue weighted by Gasteiger charge is 2.10. The Bertz CT molecular complexity index is 969. The van der Waals surface area contributed by atoms with Crippen molar-refractivity contribution in [3.8, 4) is 0 Å². The van der Waals surface area contributed by atoms with E-state index in [-0.39, 0.29) is 18.0 Å². The zero-order valence-corrected chi connectivity index (χ0v) is 14.7. The normalized spacial score (nSPS) is 10.8. The number of fused-ring (bicyclic) bond motifs is 1. The molecule has 3 rings (SSSR count). The molecule has 7 nitrogen and oxygen atoms in total. The van der Waals surface area contributed by atoms with Crippen molar-refractivity contribution >= 4 is 28.7 Å². The maximum Gasteiger partial charge on any atom is 0.264 e. The van der Waals surface area contributed by atoms with Gasteiger partial charge in [0.05, 0.1) is 0 Å². The molecule has 8 heteroatoms. The first kappa shape index (κ1) is 17.1. The molecule has 0 spiro atoms. The summed E-state index contributed by atoms with van der Waals surface area (Å²) in [6.07, 6.45) is 4.64. The first-order valence-electron chi connectivity index (χ1n) is 7.65. The average molecular weight is 355 g/mol. The molecule has 0 aliphatic rings. The van der Waals surface area contributed by atoms with Crippen molar-refractivity contribution in [2.24, 2.45) is 0 Å². The molecule has 0 aliphatic carbocycles. The fourth-order valence-corrected chi connectivity index (χ4v) is 2.60. The number of aryl methyl sites for hydroxylation is 1. The summed E-state index contributed by atoms with van der Waals surface area (Å²) >= 11 is 1.37. The number of carbonyl (C=O) groups is 1. The molecular formula is C17H17N5O2S. The lowest BCUT2D eigenvalue weighted by Gasteiger charge is -2.08. The van der Waals surface area contributed by atoms with Gasteiger partial charge in [-0.15, -0.1) is 0 Å². The van der Waals surface area contributed by atoms with Gasteiger partial charge in [-0.05, 0) is 18.7 Å². The highest BCUT2D eigenvalue weighted by molar-refractivity contribution is 7.98. The van der Waals surface area contributed by atoms with Crippen LogP contribution in [0, 0.1) is 6.92 Å². The molecule has 2 heterocycles. The molecule has 25 heavy (non-hydrogen) atoms. The molecule has 0 saturated heterocycles. The van der Waals surface area contributed by atoms with Crippen LogP contribution in [0.1, 0.15) is 11.1 Å². The third-order valence-electron chi connectivity index (χ3n) is 3.66. The minimum Gasteiger partial charge on any atom is -0.350 e. The number of nitrogens with zero attached hydrogens (tertiary/aromatic N) is 4. The van der Waals surface area contributed by atoms with Gasteiger partial charge in [0.25, 0.3) is 5.56 Å². The van der Waals surface area contributed by atoms with Crippen molar-refractivity contribution in [3.63, 3.8) is 0 Å². The van der Waals surface area contributed by atoms with Crippen molar-refractivity contribution in [3.05, 3.63) is 58.3 Å². The van der Waals surface area contributed by atoms with Gasteiger partial charge in [-0.3, -0.25) is 14.2 Å². The standard InChI is InChI=1S/C17H17N5O2S/c1-11-3-5-12(6-4-11)7-18-14(23)9-22-10-20-15-13(16(22)24)8-19-17(21-15)25-2/h3-6,8,10H,7,9H2,1-2H3,(H,18,23). The lowest BCUT2D eigenvalue weighted by Crippen LogP contribution is -2.32. The van der Waals surface area contributed by atoms with Gasteiger partial charge in [0, 0.05) is 12.7 Å². The summed E-state index contributed by atoms with van der Waals surface area (Å²) in [4.78, 5) is 37.0. The number of benzene rings is 1. The first-order chi connectivity index (χ1) is 12.1. The molecule has 3 aromatic rings. The van der Waals surface area contributed by atoms with Crippen LogP contribution in [0.4, 0.5) is 0 Å². The van der Waals surface area contributed by atoms with E-state index >= 15 is 0 Å². The van der Waals surface area contributed by atoms with E-state index in [1.165, 1.54) is 28.9 Å². The van der Waals surface area contributed by atoms with E-state index in [1.807, 2.05) is 37.4 Å². The zero-order valence-electron chi connectivity index (χ0n) is 13.9. The van der Waals surface area contributed by atoms with Gasteiger partial charge >= 0.3 is 0 Å². The summed E-state index contributed by atoms with van der Waals surface area (Å²) in [6, 6.07) is 7.89. The molecule has 0 radical (unpaired) electrons. The minimum atomic E-state index is -0.330. The van der Waals surface area contributed by atoms with Crippen molar-refractivity contribution in [2.45, 2.75) is 25.2 Å². The fourth-order valence-electron chi connectivity index (χ4n) is 2.27. The van der Waals surface area contributed by atoms with E-state index in [0.717, 1.165) is 11.1 Å². The quantitative estimate of drug-likeness (QED) is 0.551. The first-order valence-corrected chi connectivity index (χ1v) is 8.87. The maximum absolute atomic E-state index is 12.4. The molecule has 0 saturated carbocycles. The van der Waals surface area contributed by atoms with Gasteiger partial charge in [-0.1, -0.05) is 41.6 Å². The molecule has 2 aromatic heterocycles. The van der Waals surface area contributed by atoms with E-state index in [4.69, 9.17) is 0 Å². The monoisotopic (exact) mass is 355 g/mol. The number of hydrogen-bond donors (Lipinski definition) is 1. The Morgan fingerprint density at radius 2 is 2.00 bits per heavy atom. The Morgan fingerprint density at radius 3 is 2.72 bits per heavy atom. The second-order valence-corrected chi connectivity index (χ2v) is 6.31. The predicted molar refractivity (Wildman–Crippen MR) is 96.4 cm³/mol. The number of aromatic nitrogens is 4. The third-order valence-corrected chi connectivity index (χ3v) is 4.23. The summed E-state index contributed by atoms with van der Waals surface area (Å²) in [5.41, 5.74) is 2.17. The number of carbonyl (C=O) groups excluding carboxylic acids is 1. The van der Waals surface area contributed by atoms with Crippen LogP contribution in [0.2, 0.25) is 0 Å². The van der Waals surface area contributed by atoms with Crippen LogP contribution < -0.4 is 10.9 Å². The predicted octanol–water partition coefficient (Wildman–Crippen LogP) is 1.53. The lowest BCUT2D eigenvalue weighted by molar-refractivity contribution is -0.121. The van der Waals surface area contributed by atoms with Crippen LogP contribution in [-0.4, -0.2) is 31.7 Å². The Morgan fingerprint density at radius 1 is 1.24 bits per heavy atom. The molecule has 128 valence electrons. The lowest BCUT2D eigenvalue weighted by atomic mass is 10.1. The summed E-state index contributed by atoms with van der Waals surface area (Å²) < 4.78 is 1.26. The zero-order chi connectivity index (χ0) is 17.8. The molecule has 1 N–H and O–H groups in total. The van der Waals surface area contributed by atoms with Crippen molar-refractivity contribution in [1.82, 2.24) is 24.8 Å². The van der Waals surface area contributed by atoms with Gasteiger partial charge in [0.1, 0.15) is 18.3 Å². The Kier molecular flexibility index (Phi) is 5.08. The second kappa shape index (κ2) is 7.43. The van der Waals surface area contributed by atoms with Crippen LogP contribution in [-0.2, 0) is 17.9 Å². The SMILES string of the molecule is CSc1ncc2c(=O)n(CC(=O)NCc3ccc(C)cc3)cnc2n1. The molecular weight excluding hydrogens is 338 g/mol. The van der Waals surface area contributed by atoms with Gasteiger partial charge in [0.15, 0.2) is 10.8 Å². The van der Waals surface area contributed by atoms with Gasteiger partial charge in [-0.2, -0.15) is 0 Å². The number of amides is 1. The van der Waals surface area contributed by atoms with E-state index in [0.29, 0.717) is 22.7 Å². The average Bonchev–Trinajstić information content (AvgIpc) is 2.63. The molecule has 0 atom stereocenters. The highest BCUT2D eigenvalue weighted by Crippen LogP contribution is 2.10. The maximum atomic E-state index is 12.4. The van der Waals surface area contributed by atoms with Crippen LogP contribution >= 0.6 is 11.8 Å². The molecule has 0 unspecified atom stereocenters. The molecule has 1 amide bonds. The van der Waals surface area contributed by atoms with Crippen molar-refractivity contribution in [2.75, 3.05) is 6.26 Å². The summed E-state index contributed by atoms with van der Waals surface area (Å²) in [5.74, 6) is -0.259. The van der Waals surface area contributed by atoms with Crippen LogP contribution in [0.3, 0.4) is 0 Å². The van der Waals surface area contributed by atoms with E-state index in [1.54, 1.807) is 0 Å². The van der Waals surface area contributed by atoms with Crippen LogP contribution in [0.15, 0.2) is 46.7 Å². The molecule has 0 bridgehead atoms. The minimum absolute atomic E-state index is 0.0993. The summed E-state index contributed by atoms with van der Waals surface area (Å²) in [5, 5.41) is 3.65. The number of rotatable bonds is 5. The topological polar surface area (TPSA) is 89.8 Å². The second-order valence-electron chi connectivity index (χ2n) is 5.53. The van der Waals surface area contributed by atoms with Crippen molar-refractivity contribution in [1.29, 1.82) is 0 Å². The third kappa shape index (κ3) is 4.03. The fraction of sp³-hybridized carbons (Fsp3) is 0.235. The summed E-state index contributed by atoms with van der Waals surface area (Å²) in [7, 11) is 0. The van der Waals surface area contributed by atoms with E-state index < -0.39 is 0 Å². The Hall–Kier alpha value is -2.74. The smallest absolute Gasteiger partial charge is 0.264 e. The number of thioether (sulfide) groups is 1. The van der Waals surface area contributed by atoms with Gasteiger partial charge in [0.2, 0.25) is 5.91 Å². The van der Waals surface area contributed by atoms with Crippen LogP contribution in [0.5, 0.6) is 0 Å². The largest absolute Gasteiger partial charge is 0.350 e. The Labute approximate surface area is 148 Å². The van der Waals surface area contributed by atoms with E-state index in [9.17, 15) is 9.59 Å². The highest BCUT2D eigenvalue weighted by atomic mass is 32.2. The number of hydrogen-bond acceptors (Lipinski definition) is 6. The summed E-state index contributed by atoms with van der Waals surface area (Å²) in [6.45, 7) is 2.32.